The molecule has 3 rings (SSSR count). The van der Waals surface area contributed by atoms with Gasteiger partial charge in [-0.05, 0) is 73.1 Å². The van der Waals surface area contributed by atoms with Crippen molar-refractivity contribution in [1.82, 2.24) is 0 Å². The smallest absolute Gasteiger partial charge is 0.312 e. The minimum atomic E-state index is -3.63. The topological polar surface area (TPSA) is 97.4 Å². The molecule has 8 nitrogen and oxygen atoms in total. The summed E-state index contributed by atoms with van der Waals surface area (Å²) in [5.74, 6) is -2.05. The summed E-state index contributed by atoms with van der Waals surface area (Å²) in [4.78, 5) is 26.2. The number of rotatable bonds is 9. The second-order valence-electron chi connectivity index (χ2n) is 11.4. The molecule has 2 aromatic carbocycles. The van der Waals surface area contributed by atoms with Crippen LogP contribution in [-0.4, -0.2) is 41.9 Å². The maximum atomic E-state index is 14.4. The lowest BCUT2D eigenvalue weighted by atomic mass is 10.0. The summed E-state index contributed by atoms with van der Waals surface area (Å²) in [5, 5.41) is 0.494. The van der Waals surface area contributed by atoms with Crippen LogP contribution in [0.5, 0.6) is 5.75 Å². The van der Waals surface area contributed by atoms with E-state index in [0.29, 0.717) is 11.1 Å². The summed E-state index contributed by atoms with van der Waals surface area (Å²) in [6.45, 7) is 14.2. The van der Waals surface area contributed by atoms with Gasteiger partial charge in [-0.15, -0.1) is 0 Å². The maximum absolute atomic E-state index is 14.4. The molecule has 1 heterocycles. The summed E-state index contributed by atoms with van der Waals surface area (Å²) in [6.07, 6.45) is -2.33. The predicted molar refractivity (Wildman–Crippen MR) is 146 cm³/mol. The van der Waals surface area contributed by atoms with Gasteiger partial charge in [0.05, 0.1) is 35.0 Å². The van der Waals surface area contributed by atoms with E-state index in [4.69, 9.17) is 23.5 Å². The quantitative estimate of drug-likeness (QED) is 0.213. The van der Waals surface area contributed by atoms with Crippen LogP contribution in [0, 0.1) is 5.92 Å². The Morgan fingerprint density at radius 3 is 1.95 bits per heavy atom. The number of carbonyl (C=O) groups is 2. The fourth-order valence-electron chi connectivity index (χ4n) is 4.36. The van der Waals surface area contributed by atoms with E-state index < -0.39 is 49.0 Å². The summed E-state index contributed by atoms with van der Waals surface area (Å²) < 4.78 is 42.8. The average molecular weight is 547 g/mol. The standard InChI is InChI=1S/C29H39O8P/c1-19(35-28(3,4)5)33-26(30)17-21(27(31)34-20(2)36-29(6,7)8)18-38(32)25-16-12-10-14-23(25)22-13-9-11-15-24(22)37-38/h9-16,19-21H,17-18H2,1-8H3. The Morgan fingerprint density at radius 2 is 1.34 bits per heavy atom. The zero-order valence-electron chi connectivity index (χ0n) is 23.5. The molecule has 0 aliphatic carbocycles. The first-order chi connectivity index (χ1) is 17.6. The van der Waals surface area contributed by atoms with Crippen molar-refractivity contribution in [2.45, 2.75) is 85.6 Å². The van der Waals surface area contributed by atoms with Crippen molar-refractivity contribution in [2.75, 3.05) is 6.16 Å². The van der Waals surface area contributed by atoms with E-state index in [0.717, 1.165) is 11.1 Å². The van der Waals surface area contributed by atoms with Crippen LogP contribution in [0.1, 0.15) is 61.8 Å². The van der Waals surface area contributed by atoms with Gasteiger partial charge in [-0.25, -0.2) is 0 Å². The number of esters is 2. The van der Waals surface area contributed by atoms with Crippen LogP contribution >= 0.6 is 7.37 Å². The fraction of sp³-hybridized carbons (Fsp3) is 0.517. The minimum absolute atomic E-state index is 0.247. The highest BCUT2D eigenvalue weighted by Gasteiger charge is 2.42. The van der Waals surface area contributed by atoms with Crippen LogP contribution in [0.2, 0.25) is 0 Å². The van der Waals surface area contributed by atoms with Crippen molar-refractivity contribution < 1.29 is 37.6 Å². The van der Waals surface area contributed by atoms with Crippen molar-refractivity contribution in [3.63, 3.8) is 0 Å². The Labute approximate surface area is 225 Å². The molecule has 0 amide bonds. The normalized spacial score (nSPS) is 19.3. The Kier molecular flexibility index (Phi) is 9.12. The molecule has 0 N–H and O–H groups in total. The van der Waals surface area contributed by atoms with Gasteiger partial charge in [0.2, 0.25) is 12.6 Å². The number of hydrogen-bond donors (Lipinski definition) is 0. The number of para-hydroxylation sites is 1. The van der Waals surface area contributed by atoms with Gasteiger partial charge < -0.3 is 23.5 Å². The molecule has 1 aliphatic heterocycles. The Balaban J connectivity index is 1.88. The molecule has 4 unspecified atom stereocenters. The van der Waals surface area contributed by atoms with E-state index in [-0.39, 0.29) is 12.6 Å². The largest absolute Gasteiger partial charge is 0.439 e. The Bertz CT molecular complexity index is 1190. The molecule has 4 atom stereocenters. The van der Waals surface area contributed by atoms with E-state index in [1.54, 1.807) is 38.1 Å². The maximum Gasteiger partial charge on any atom is 0.312 e. The molecular weight excluding hydrogens is 507 g/mol. The molecule has 208 valence electrons. The van der Waals surface area contributed by atoms with Gasteiger partial charge in [0, 0.05) is 5.56 Å². The third kappa shape index (κ3) is 8.16. The lowest BCUT2D eigenvalue weighted by molar-refractivity contribution is -0.206. The van der Waals surface area contributed by atoms with Crippen molar-refractivity contribution >= 4 is 24.6 Å². The Hall–Kier alpha value is -2.67. The lowest BCUT2D eigenvalue weighted by Crippen LogP contribution is -2.35. The highest BCUT2D eigenvalue weighted by molar-refractivity contribution is 7.67. The number of ether oxygens (including phenoxy) is 4. The second kappa shape index (κ2) is 11.6. The summed E-state index contributed by atoms with van der Waals surface area (Å²) in [6, 6.07) is 14.5. The van der Waals surface area contributed by atoms with E-state index in [9.17, 15) is 14.2 Å². The van der Waals surface area contributed by atoms with Gasteiger partial charge in [-0.2, -0.15) is 0 Å². The van der Waals surface area contributed by atoms with Crippen LogP contribution in [-0.2, 0) is 33.1 Å². The summed E-state index contributed by atoms with van der Waals surface area (Å²) in [5.41, 5.74) is 0.489. The SMILES string of the molecule is CC(OC(=O)CC(CP1(=O)Oc2ccccc2-c2ccccc21)C(=O)OC(C)OC(C)(C)C)OC(C)(C)C. The molecule has 0 fully saturated rings. The van der Waals surface area contributed by atoms with Crippen molar-refractivity contribution in [3.8, 4) is 16.9 Å². The summed E-state index contributed by atoms with van der Waals surface area (Å²) in [7, 11) is -3.63. The minimum Gasteiger partial charge on any atom is -0.439 e. The second-order valence-corrected chi connectivity index (χ2v) is 13.8. The molecule has 0 radical (unpaired) electrons. The fourth-order valence-corrected chi connectivity index (χ4v) is 6.94. The van der Waals surface area contributed by atoms with Crippen LogP contribution < -0.4 is 9.83 Å². The van der Waals surface area contributed by atoms with E-state index in [1.165, 1.54) is 0 Å². The predicted octanol–water partition coefficient (Wildman–Crippen LogP) is 6.06. The highest BCUT2D eigenvalue weighted by Crippen LogP contribution is 2.55. The third-order valence-electron chi connectivity index (χ3n) is 5.52. The first-order valence-corrected chi connectivity index (χ1v) is 14.6. The van der Waals surface area contributed by atoms with E-state index in [2.05, 4.69) is 0 Å². The first-order valence-electron chi connectivity index (χ1n) is 12.8. The highest BCUT2D eigenvalue weighted by atomic mass is 31.2. The number of benzene rings is 2. The summed E-state index contributed by atoms with van der Waals surface area (Å²) >= 11 is 0. The molecule has 0 bridgehead atoms. The number of hydrogen-bond acceptors (Lipinski definition) is 8. The molecule has 0 aromatic heterocycles. The molecule has 0 saturated heterocycles. The third-order valence-corrected chi connectivity index (χ3v) is 8.06. The monoisotopic (exact) mass is 546 g/mol. The zero-order chi connectivity index (χ0) is 28.3. The van der Waals surface area contributed by atoms with Gasteiger partial charge in [-0.1, -0.05) is 36.4 Å². The van der Waals surface area contributed by atoms with E-state index in [1.807, 2.05) is 65.8 Å². The van der Waals surface area contributed by atoms with Gasteiger partial charge in [0.25, 0.3) is 7.37 Å². The van der Waals surface area contributed by atoms with E-state index >= 15 is 0 Å². The van der Waals surface area contributed by atoms with Crippen LogP contribution in [0.3, 0.4) is 0 Å². The molecule has 1 aliphatic rings. The van der Waals surface area contributed by atoms with Crippen molar-refractivity contribution in [3.05, 3.63) is 48.5 Å². The molecule has 2 aromatic rings. The molecule has 38 heavy (non-hydrogen) atoms. The van der Waals surface area contributed by atoms with Gasteiger partial charge >= 0.3 is 11.9 Å². The average Bonchev–Trinajstić information content (AvgIpc) is 2.76. The molecular formula is C29H39O8P. The zero-order valence-corrected chi connectivity index (χ0v) is 24.4. The Morgan fingerprint density at radius 1 is 0.816 bits per heavy atom. The van der Waals surface area contributed by atoms with Crippen molar-refractivity contribution in [1.29, 1.82) is 0 Å². The van der Waals surface area contributed by atoms with Gasteiger partial charge in [-0.3, -0.25) is 14.2 Å². The lowest BCUT2D eigenvalue weighted by Gasteiger charge is -2.31. The molecule has 9 heteroatoms. The van der Waals surface area contributed by atoms with Crippen LogP contribution in [0.4, 0.5) is 0 Å². The number of carbonyl (C=O) groups excluding carboxylic acids is 2. The molecule has 0 spiro atoms. The first kappa shape index (κ1) is 29.9. The van der Waals surface area contributed by atoms with Crippen LogP contribution in [0.15, 0.2) is 48.5 Å². The number of fused-ring (bicyclic) bond motifs is 3. The van der Waals surface area contributed by atoms with Gasteiger partial charge in [0.15, 0.2) is 0 Å². The molecule has 0 saturated carbocycles. The van der Waals surface area contributed by atoms with Crippen LogP contribution in [0.25, 0.3) is 11.1 Å². The van der Waals surface area contributed by atoms with Gasteiger partial charge in [0.1, 0.15) is 5.75 Å². The van der Waals surface area contributed by atoms with Crippen molar-refractivity contribution in [2.24, 2.45) is 5.92 Å².